The van der Waals surface area contributed by atoms with Crippen molar-refractivity contribution in [1.82, 2.24) is 19.9 Å². The van der Waals surface area contributed by atoms with Gasteiger partial charge >= 0.3 is 0 Å². The largest absolute Gasteiger partial charge is 0.610 e. The summed E-state index contributed by atoms with van der Waals surface area (Å²) in [6.45, 7) is 1.19. The number of anilines is 2. The Balaban J connectivity index is 1.59. The molecule has 1 aromatic carbocycles. The summed E-state index contributed by atoms with van der Waals surface area (Å²) in [6.07, 6.45) is 9.44. The number of benzene rings is 1. The van der Waals surface area contributed by atoms with Crippen LogP contribution in [0.2, 0.25) is 0 Å². The molecule has 3 heterocycles. The van der Waals surface area contributed by atoms with Crippen LogP contribution in [0.4, 0.5) is 11.5 Å². The van der Waals surface area contributed by atoms with E-state index >= 15 is 0 Å². The Kier molecular flexibility index (Phi) is 6.10. The van der Waals surface area contributed by atoms with Gasteiger partial charge in [-0.25, -0.2) is 9.97 Å². The van der Waals surface area contributed by atoms with E-state index in [-0.39, 0.29) is 5.91 Å². The Labute approximate surface area is 177 Å². The second-order valence-corrected chi connectivity index (χ2v) is 8.17. The second kappa shape index (κ2) is 9.10. The lowest BCUT2D eigenvalue weighted by molar-refractivity contribution is -0.128. The Bertz CT molecular complexity index is 1010. The number of carbonyl (C=O) groups is 1. The van der Waals surface area contributed by atoms with Crippen LogP contribution >= 0.6 is 0 Å². The molecule has 3 aromatic rings. The highest BCUT2D eigenvalue weighted by molar-refractivity contribution is 7.90. The molecule has 4 rings (SSSR count). The Morgan fingerprint density at radius 2 is 2.10 bits per heavy atom. The fourth-order valence-electron chi connectivity index (χ4n) is 3.19. The van der Waals surface area contributed by atoms with Crippen molar-refractivity contribution in [3.05, 3.63) is 60.7 Å². The van der Waals surface area contributed by atoms with Gasteiger partial charge in [-0.05, 0) is 30.7 Å². The first-order chi connectivity index (χ1) is 14.6. The maximum Gasteiger partial charge on any atom is 0.244 e. The average Bonchev–Trinajstić information content (AvgIpc) is 3.15. The van der Waals surface area contributed by atoms with Gasteiger partial charge in [0.05, 0.1) is 12.4 Å². The molecule has 2 aromatic heterocycles. The number of hydrogen-bond acceptors (Lipinski definition) is 7. The molecule has 0 radical (unpaired) electrons. The first kappa shape index (κ1) is 20.1. The summed E-state index contributed by atoms with van der Waals surface area (Å²) in [7, 11) is 0. The molecule has 1 atom stereocenters. The van der Waals surface area contributed by atoms with Crippen molar-refractivity contribution in [3.8, 4) is 11.5 Å². The van der Waals surface area contributed by atoms with E-state index in [1.165, 1.54) is 0 Å². The van der Waals surface area contributed by atoms with Crippen LogP contribution < -0.4 is 10.1 Å². The molecule has 0 bridgehead atoms. The number of pyridine rings is 1. The number of ether oxygens (including phenoxy) is 1. The minimum absolute atomic E-state index is 0.143. The Morgan fingerprint density at radius 3 is 2.77 bits per heavy atom. The van der Waals surface area contributed by atoms with Crippen LogP contribution in [0.25, 0.3) is 0 Å². The number of nitrogens with zero attached hydrogens (tertiary/aromatic N) is 4. The fourth-order valence-corrected chi connectivity index (χ4v) is 3.65. The number of likely N-dealkylation sites (tertiary alicyclic amines) is 1. The fraction of sp³-hybridized carbons (Fsp3) is 0.238. The number of aromatic nitrogens is 3. The quantitative estimate of drug-likeness (QED) is 0.582. The molecule has 154 valence electrons. The zero-order valence-electron chi connectivity index (χ0n) is 16.4. The van der Waals surface area contributed by atoms with Crippen LogP contribution in [0.1, 0.15) is 18.4 Å². The molecule has 9 heteroatoms. The monoisotopic (exact) mass is 423 g/mol. The number of carbonyl (C=O) groups excluding carboxylic acids is 1. The number of amides is 1. The molecule has 0 spiro atoms. The number of rotatable bonds is 7. The summed E-state index contributed by atoms with van der Waals surface area (Å²) in [5.41, 5.74) is 1.68. The maximum atomic E-state index is 12.1. The lowest BCUT2D eigenvalue weighted by Crippen LogP contribution is -2.24. The molecule has 1 saturated heterocycles. The van der Waals surface area contributed by atoms with Crippen LogP contribution in [-0.2, 0) is 22.5 Å². The molecule has 0 aliphatic carbocycles. The average molecular weight is 423 g/mol. The van der Waals surface area contributed by atoms with Crippen LogP contribution in [0.3, 0.4) is 0 Å². The third-order valence-electron chi connectivity index (χ3n) is 4.66. The van der Waals surface area contributed by atoms with Gasteiger partial charge in [-0.15, -0.1) is 0 Å². The van der Waals surface area contributed by atoms with Crippen LogP contribution in [0, 0.1) is 0 Å². The van der Waals surface area contributed by atoms with Crippen molar-refractivity contribution < 1.29 is 14.1 Å². The summed E-state index contributed by atoms with van der Waals surface area (Å²) in [5, 5.41) is 3.71. The van der Waals surface area contributed by atoms with Crippen molar-refractivity contribution in [2.75, 3.05) is 18.1 Å². The van der Waals surface area contributed by atoms with Gasteiger partial charge in [0.15, 0.2) is 0 Å². The summed E-state index contributed by atoms with van der Waals surface area (Å²) >= 11 is -1.15. The van der Waals surface area contributed by atoms with E-state index in [4.69, 9.17) is 4.74 Å². The maximum absolute atomic E-state index is 12.1. The van der Waals surface area contributed by atoms with E-state index in [0.29, 0.717) is 35.3 Å². The van der Waals surface area contributed by atoms with Gasteiger partial charge in [-0.2, -0.15) is 0 Å². The summed E-state index contributed by atoms with van der Waals surface area (Å²) in [6, 6.07) is 9.08. The first-order valence-electron chi connectivity index (χ1n) is 9.49. The van der Waals surface area contributed by atoms with Gasteiger partial charge in [-0.3, -0.25) is 9.78 Å². The lowest BCUT2D eigenvalue weighted by Gasteiger charge is -2.19. The van der Waals surface area contributed by atoms with Crippen LogP contribution in [0.15, 0.2) is 60.1 Å². The minimum atomic E-state index is -1.15. The SMILES string of the molecule is C[S+]([O-])c1ccc(Oc2ccc(Nc3cnccn3)cc2CN2CCCC2=O)cn1. The van der Waals surface area contributed by atoms with Crippen molar-refractivity contribution in [2.24, 2.45) is 0 Å². The molecule has 1 N–H and O–H groups in total. The lowest BCUT2D eigenvalue weighted by atomic mass is 10.1. The molecule has 30 heavy (non-hydrogen) atoms. The molecule has 1 aliphatic heterocycles. The number of hydrogen-bond donors (Lipinski definition) is 1. The standard InChI is InChI=1S/C21H21N5O3S/c1-30(28)20-7-5-17(12-24-20)29-18-6-4-16(25-19-13-22-8-9-23-19)11-15(18)14-26-10-2-3-21(26)27/h4-9,11-13H,2-3,10,14H2,1H3,(H,23,25). The molecule has 1 aliphatic rings. The smallest absolute Gasteiger partial charge is 0.244 e. The highest BCUT2D eigenvalue weighted by Crippen LogP contribution is 2.31. The molecular weight excluding hydrogens is 402 g/mol. The van der Waals surface area contributed by atoms with E-state index in [2.05, 4.69) is 20.3 Å². The molecule has 0 saturated carbocycles. The van der Waals surface area contributed by atoms with Crippen molar-refractivity contribution in [3.63, 3.8) is 0 Å². The van der Waals surface area contributed by atoms with Crippen molar-refractivity contribution >= 4 is 28.6 Å². The Hall–Kier alpha value is -3.17. The van der Waals surface area contributed by atoms with Crippen LogP contribution in [0.5, 0.6) is 11.5 Å². The van der Waals surface area contributed by atoms with Gasteiger partial charge in [-0.1, -0.05) is 0 Å². The minimum Gasteiger partial charge on any atom is -0.610 e. The van der Waals surface area contributed by atoms with E-state index < -0.39 is 11.2 Å². The zero-order valence-corrected chi connectivity index (χ0v) is 17.3. The van der Waals surface area contributed by atoms with Crippen molar-refractivity contribution in [2.45, 2.75) is 24.4 Å². The Morgan fingerprint density at radius 1 is 1.20 bits per heavy atom. The van der Waals surface area contributed by atoms with Crippen LogP contribution in [-0.4, -0.2) is 43.1 Å². The van der Waals surface area contributed by atoms with E-state index in [9.17, 15) is 9.35 Å². The van der Waals surface area contributed by atoms with Gasteiger partial charge < -0.3 is 19.5 Å². The molecule has 1 fully saturated rings. The number of nitrogens with one attached hydrogen (secondary N) is 1. The van der Waals surface area contributed by atoms with Gasteiger partial charge in [0.25, 0.3) is 0 Å². The van der Waals surface area contributed by atoms with Gasteiger partial charge in [0.1, 0.15) is 23.6 Å². The predicted octanol–water partition coefficient (Wildman–Crippen LogP) is 3.27. The highest BCUT2D eigenvalue weighted by Gasteiger charge is 2.22. The zero-order chi connectivity index (χ0) is 20.9. The molecular formula is C21H21N5O3S. The molecule has 1 amide bonds. The molecule has 1 unspecified atom stereocenters. The third-order valence-corrected chi connectivity index (χ3v) is 5.49. The topological polar surface area (TPSA) is 103 Å². The predicted molar refractivity (Wildman–Crippen MR) is 113 cm³/mol. The normalized spacial score (nSPS) is 14.6. The first-order valence-corrected chi connectivity index (χ1v) is 11.1. The summed E-state index contributed by atoms with van der Waals surface area (Å²) in [4.78, 5) is 26.4. The highest BCUT2D eigenvalue weighted by atomic mass is 32.2. The van der Waals surface area contributed by atoms with E-state index in [1.54, 1.807) is 43.2 Å². The second-order valence-electron chi connectivity index (χ2n) is 6.85. The van der Waals surface area contributed by atoms with Gasteiger partial charge in [0, 0.05) is 60.4 Å². The van der Waals surface area contributed by atoms with E-state index in [0.717, 1.165) is 24.2 Å². The summed E-state index contributed by atoms with van der Waals surface area (Å²) in [5.74, 6) is 1.94. The molecule has 8 nitrogen and oxygen atoms in total. The summed E-state index contributed by atoms with van der Waals surface area (Å²) < 4.78 is 17.6. The van der Waals surface area contributed by atoms with Crippen molar-refractivity contribution in [1.29, 1.82) is 0 Å². The van der Waals surface area contributed by atoms with Gasteiger partial charge in [0.2, 0.25) is 10.9 Å². The van der Waals surface area contributed by atoms with E-state index in [1.807, 2.05) is 23.1 Å². The third kappa shape index (κ3) is 4.87.